The van der Waals surface area contributed by atoms with Crippen molar-refractivity contribution in [2.75, 3.05) is 7.11 Å². The fourth-order valence-electron chi connectivity index (χ4n) is 10.1. The van der Waals surface area contributed by atoms with E-state index in [-0.39, 0.29) is 23.5 Å². The highest BCUT2D eigenvalue weighted by Gasteiger charge is 2.64. The molecule has 0 aliphatic heterocycles. The summed E-state index contributed by atoms with van der Waals surface area (Å²) in [5.41, 5.74) is 2.60. The largest absolute Gasteiger partial charge is 0.469 e. The Kier molecular flexibility index (Phi) is 8.82. The van der Waals surface area contributed by atoms with Gasteiger partial charge in [-0.2, -0.15) is 0 Å². The molecular weight excluding hydrogens is 611 g/mol. The van der Waals surface area contributed by atoms with Crippen molar-refractivity contribution in [3.05, 3.63) is 45.0 Å². The average Bonchev–Trinajstić information content (AvgIpc) is 3.29. The molecule has 0 heterocycles. The lowest BCUT2D eigenvalue weighted by atomic mass is 9.41. The van der Waals surface area contributed by atoms with E-state index in [2.05, 4.69) is 63.3 Å². The zero-order valence-electron chi connectivity index (χ0n) is 25.4. The first-order valence-corrected chi connectivity index (χ1v) is 16.8. The summed E-state index contributed by atoms with van der Waals surface area (Å²) in [6, 6.07) is 7.85. The average molecular weight is 661 g/mol. The highest BCUT2D eigenvalue weighted by atomic mass is 127. The topological polar surface area (TPSA) is 52.6 Å². The molecule has 0 spiro atoms. The van der Waals surface area contributed by atoms with Crippen LogP contribution in [0.3, 0.4) is 0 Å². The Morgan fingerprint density at radius 2 is 1.90 bits per heavy atom. The molecule has 40 heavy (non-hydrogen) atoms. The molecule has 3 fully saturated rings. The number of allylic oxidation sites excluding steroid dienone is 2. The second-order valence-electron chi connectivity index (χ2n) is 14.1. The first-order valence-electron chi connectivity index (χ1n) is 15.8. The van der Waals surface area contributed by atoms with E-state index in [0.29, 0.717) is 52.9 Å². The van der Waals surface area contributed by atoms with Gasteiger partial charge in [0.2, 0.25) is 0 Å². The van der Waals surface area contributed by atoms with E-state index in [1.54, 1.807) is 0 Å². The van der Waals surface area contributed by atoms with E-state index in [1.165, 1.54) is 44.8 Å². The van der Waals surface area contributed by atoms with Gasteiger partial charge in [-0.1, -0.05) is 58.8 Å². The van der Waals surface area contributed by atoms with Crippen molar-refractivity contribution < 1.29 is 19.1 Å². The van der Waals surface area contributed by atoms with Gasteiger partial charge in [-0.25, -0.2) is 4.79 Å². The molecule has 4 unspecified atom stereocenters. The molecule has 5 heteroatoms. The Labute approximate surface area is 255 Å². The van der Waals surface area contributed by atoms with Crippen LogP contribution in [-0.4, -0.2) is 25.2 Å². The number of benzene rings is 1. The minimum atomic E-state index is -0.155. The molecule has 10 atom stereocenters. The van der Waals surface area contributed by atoms with Crippen molar-refractivity contribution in [3.8, 4) is 0 Å². The van der Waals surface area contributed by atoms with E-state index in [0.717, 1.165) is 28.8 Å². The number of hydrogen-bond acceptors (Lipinski definition) is 4. The summed E-state index contributed by atoms with van der Waals surface area (Å²) < 4.78 is 12.8. The Morgan fingerprint density at radius 3 is 2.60 bits per heavy atom. The van der Waals surface area contributed by atoms with Gasteiger partial charge in [-0.05, 0) is 132 Å². The lowest BCUT2D eigenvalue weighted by Crippen LogP contribution is -2.62. The van der Waals surface area contributed by atoms with E-state index in [4.69, 9.17) is 9.47 Å². The number of hydrogen-bond donors (Lipinski definition) is 0. The van der Waals surface area contributed by atoms with E-state index in [9.17, 15) is 9.59 Å². The Morgan fingerprint density at radius 1 is 1.12 bits per heavy atom. The predicted molar refractivity (Wildman–Crippen MR) is 168 cm³/mol. The molecule has 0 amide bonds. The lowest BCUT2D eigenvalue weighted by Gasteiger charge is -2.65. The van der Waals surface area contributed by atoms with Crippen LogP contribution in [0, 0.1) is 55.8 Å². The SMILES string of the molecule is CC[C@H]1C(OC(=O)c2cccc(I)c2)C2C3CC=C([C@H](C)CCC(=O)OC)[C@@]3(C)CCC2[C@@]2(C)CC[C@@H](C)C[C@@H]12. The summed E-state index contributed by atoms with van der Waals surface area (Å²) in [4.78, 5) is 25.7. The van der Waals surface area contributed by atoms with Crippen molar-refractivity contribution in [2.45, 2.75) is 98.5 Å². The molecule has 4 nitrogen and oxygen atoms in total. The van der Waals surface area contributed by atoms with E-state index in [1.807, 2.05) is 24.3 Å². The van der Waals surface area contributed by atoms with Crippen molar-refractivity contribution in [3.63, 3.8) is 0 Å². The molecule has 0 bridgehead atoms. The van der Waals surface area contributed by atoms with Crippen LogP contribution in [0.1, 0.15) is 103 Å². The first kappa shape index (κ1) is 30.1. The van der Waals surface area contributed by atoms with Crippen LogP contribution >= 0.6 is 22.6 Å². The van der Waals surface area contributed by atoms with Crippen LogP contribution in [0.15, 0.2) is 35.9 Å². The quantitative estimate of drug-likeness (QED) is 0.167. The smallest absolute Gasteiger partial charge is 0.338 e. The van der Waals surface area contributed by atoms with Crippen LogP contribution in [-0.2, 0) is 14.3 Å². The molecule has 3 saturated carbocycles. The zero-order chi connectivity index (χ0) is 28.8. The number of esters is 2. The summed E-state index contributed by atoms with van der Waals surface area (Å²) in [5.74, 6) is 3.23. The van der Waals surface area contributed by atoms with Crippen LogP contribution in [0.4, 0.5) is 0 Å². The summed E-state index contributed by atoms with van der Waals surface area (Å²) >= 11 is 2.28. The summed E-state index contributed by atoms with van der Waals surface area (Å²) in [7, 11) is 1.48. The minimum absolute atomic E-state index is 0.0495. The number of carbonyl (C=O) groups excluding carboxylic acids is 2. The Hall–Kier alpha value is -1.37. The molecular formula is C35H49IO4. The maximum Gasteiger partial charge on any atom is 0.338 e. The van der Waals surface area contributed by atoms with Crippen LogP contribution in [0.5, 0.6) is 0 Å². The maximum absolute atomic E-state index is 13.7. The van der Waals surface area contributed by atoms with E-state index < -0.39 is 0 Å². The summed E-state index contributed by atoms with van der Waals surface area (Å²) in [5, 5.41) is 0. The Bertz CT molecular complexity index is 1140. The fraction of sp³-hybridized carbons (Fsp3) is 0.714. The van der Waals surface area contributed by atoms with Crippen LogP contribution in [0.25, 0.3) is 0 Å². The first-order chi connectivity index (χ1) is 19.0. The monoisotopic (exact) mass is 660 g/mol. The van der Waals surface area contributed by atoms with Crippen molar-refractivity contribution >= 4 is 34.5 Å². The molecule has 4 aliphatic rings. The number of halogens is 1. The highest BCUT2D eigenvalue weighted by Crippen LogP contribution is 2.69. The van der Waals surface area contributed by atoms with Gasteiger partial charge in [0.05, 0.1) is 12.7 Å². The molecule has 5 rings (SSSR count). The van der Waals surface area contributed by atoms with Crippen molar-refractivity contribution in [2.24, 2.45) is 52.3 Å². The molecule has 0 N–H and O–H groups in total. The normalized spacial score (nSPS) is 39.3. The summed E-state index contributed by atoms with van der Waals surface area (Å²) in [6.07, 6.45) is 12.1. The molecule has 4 aliphatic carbocycles. The number of carbonyl (C=O) groups is 2. The number of fused-ring (bicyclic) bond motifs is 5. The predicted octanol–water partition coefficient (Wildman–Crippen LogP) is 8.87. The number of ether oxygens (including phenoxy) is 2. The van der Waals surface area contributed by atoms with Gasteiger partial charge in [0, 0.05) is 15.9 Å². The molecule has 0 saturated heterocycles. The lowest BCUT2D eigenvalue weighted by molar-refractivity contribution is -0.193. The van der Waals surface area contributed by atoms with Gasteiger partial charge < -0.3 is 9.47 Å². The van der Waals surface area contributed by atoms with Gasteiger partial charge >= 0.3 is 11.9 Å². The zero-order valence-corrected chi connectivity index (χ0v) is 27.5. The molecule has 0 radical (unpaired) electrons. The van der Waals surface area contributed by atoms with Gasteiger partial charge in [-0.3, -0.25) is 4.79 Å². The standard InChI is InChI=1S/C35H49IO4/c1-7-25-29-19-21(2)15-17-35(29,5)28-16-18-34(4)26(22(3)11-14-30(37)39-6)12-13-27(34)31(28)32(25)40-33(38)23-9-8-10-24(36)20-23/h8-10,12,20-22,25,27-29,31-32H,7,11,13-19H2,1-6H3/t21-,22-,25-,27?,28?,29+,31?,32?,34-,35-/m1/s1. The molecule has 1 aromatic rings. The Balaban J connectivity index is 1.50. The third-order valence-electron chi connectivity index (χ3n) is 12.1. The van der Waals surface area contributed by atoms with Gasteiger partial charge in [0.15, 0.2) is 0 Å². The number of methoxy groups -OCH3 is 1. The third-order valence-corrected chi connectivity index (χ3v) is 12.8. The summed E-state index contributed by atoms with van der Waals surface area (Å²) in [6.45, 7) is 12.1. The van der Waals surface area contributed by atoms with Crippen LogP contribution in [0.2, 0.25) is 0 Å². The maximum atomic E-state index is 13.7. The van der Waals surface area contributed by atoms with Crippen molar-refractivity contribution in [1.29, 1.82) is 0 Å². The van der Waals surface area contributed by atoms with Gasteiger partial charge in [0.25, 0.3) is 0 Å². The fourth-order valence-corrected chi connectivity index (χ4v) is 10.6. The second-order valence-corrected chi connectivity index (χ2v) is 15.3. The molecule has 0 aromatic heterocycles. The highest BCUT2D eigenvalue weighted by molar-refractivity contribution is 14.1. The van der Waals surface area contributed by atoms with Gasteiger partial charge in [0.1, 0.15) is 6.10 Å². The van der Waals surface area contributed by atoms with Crippen LogP contribution < -0.4 is 0 Å². The third kappa shape index (κ3) is 5.19. The number of rotatable bonds is 7. The minimum Gasteiger partial charge on any atom is -0.469 e. The molecule has 1 aromatic carbocycles. The molecule has 220 valence electrons. The second kappa shape index (κ2) is 11.7. The van der Waals surface area contributed by atoms with Crippen molar-refractivity contribution in [1.82, 2.24) is 0 Å². The van der Waals surface area contributed by atoms with Gasteiger partial charge in [-0.15, -0.1) is 0 Å². The van der Waals surface area contributed by atoms with E-state index >= 15 is 0 Å².